The number of hydrogen-bond acceptors (Lipinski definition) is 3. The third kappa shape index (κ3) is 4.25. The van der Waals surface area contributed by atoms with Crippen LogP contribution in [0.15, 0.2) is 18.2 Å². The Kier molecular flexibility index (Phi) is 5.81. The molecular weight excluding hydrogens is 210 g/mol. The summed E-state index contributed by atoms with van der Waals surface area (Å²) >= 11 is 0. The molecule has 1 heterocycles. The molecule has 0 fully saturated rings. The summed E-state index contributed by atoms with van der Waals surface area (Å²) in [7, 11) is 0. The van der Waals surface area contributed by atoms with Crippen molar-refractivity contribution < 1.29 is 0 Å². The molecule has 0 aliphatic rings. The average molecular weight is 235 g/mol. The van der Waals surface area contributed by atoms with Crippen molar-refractivity contribution in [1.29, 1.82) is 0 Å². The van der Waals surface area contributed by atoms with Crippen LogP contribution in [0.1, 0.15) is 40.5 Å². The first-order chi connectivity index (χ1) is 8.19. The second-order valence-electron chi connectivity index (χ2n) is 4.59. The molecular formula is C14H25N3. The number of hydrogen-bond donors (Lipinski definition) is 1. The lowest BCUT2D eigenvalue weighted by Crippen LogP contribution is -2.32. The fraction of sp³-hybridized carbons (Fsp3) is 0.643. The first-order valence-electron chi connectivity index (χ1n) is 6.66. The van der Waals surface area contributed by atoms with Crippen molar-refractivity contribution in [2.75, 3.05) is 23.3 Å². The highest BCUT2D eigenvalue weighted by Gasteiger charge is 2.10. The summed E-state index contributed by atoms with van der Waals surface area (Å²) in [5.41, 5.74) is 0. The highest BCUT2D eigenvalue weighted by Crippen LogP contribution is 2.17. The standard InChI is InChI=1S/C14H25N3/c1-5-10-15-13-8-7-9-14(16-13)17(11-6-2)12(3)4/h7-9,12H,5-6,10-11H2,1-4H3,(H,15,16). The van der Waals surface area contributed by atoms with E-state index in [-0.39, 0.29) is 0 Å². The topological polar surface area (TPSA) is 28.2 Å². The van der Waals surface area contributed by atoms with Crippen molar-refractivity contribution in [3.63, 3.8) is 0 Å². The van der Waals surface area contributed by atoms with Crippen molar-refractivity contribution in [3.05, 3.63) is 18.2 Å². The zero-order valence-corrected chi connectivity index (χ0v) is 11.5. The Morgan fingerprint density at radius 3 is 2.59 bits per heavy atom. The predicted molar refractivity (Wildman–Crippen MR) is 75.8 cm³/mol. The van der Waals surface area contributed by atoms with Gasteiger partial charge in [-0.3, -0.25) is 0 Å². The van der Waals surface area contributed by atoms with Gasteiger partial charge in [-0.1, -0.05) is 19.9 Å². The Morgan fingerprint density at radius 2 is 2.00 bits per heavy atom. The molecule has 0 bridgehead atoms. The molecule has 96 valence electrons. The van der Waals surface area contributed by atoms with Crippen molar-refractivity contribution in [3.8, 4) is 0 Å². The van der Waals surface area contributed by atoms with Crippen LogP contribution in [0.25, 0.3) is 0 Å². The number of rotatable bonds is 7. The van der Waals surface area contributed by atoms with E-state index in [1.54, 1.807) is 0 Å². The van der Waals surface area contributed by atoms with Crippen LogP contribution in [0, 0.1) is 0 Å². The van der Waals surface area contributed by atoms with Crippen LogP contribution >= 0.6 is 0 Å². The zero-order valence-electron chi connectivity index (χ0n) is 11.5. The number of nitrogens with one attached hydrogen (secondary N) is 1. The molecule has 0 aliphatic carbocycles. The molecule has 1 N–H and O–H groups in total. The predicted octanol–water partition coefficient (Wildman–Crippen LogP) is 3.53. The molecule has 3 heteroatoms. The molecule has 17 heavy (non-hydrogen) atoms. The van der Waals surface area contributed by atoms with Gasteiger partial charge in [-0.25, -0.2) is 4.98 Å². The fourth-order valence-electron chi connectivity index (χ4n) is 1.81. The van der Waals surface area contributed by atoms with Crippen LogP contribution in [-0.2, 0) is 0 Å². The van der Waals surface area contributed by atoms with Gasteiger partial charge >= 0.3 is 0 Å². The Balaban J connectivity index is 2.80. The SMILES string of the molecule is CCCNc1cccc(N(CCC)C(C)C)n1. The van der Waals surface area contributed by atoms with Crippen LogP contribution in [0.2, 0.25) is 0 Å². The summed E-state index contributed by atoms with van der Waals surface area (Å²) in [6.07, 6.45) is 2.27. The quantitative estimate of drug-likeness (QED) is 0.783. The summed E-state index contributed by atoms with van der Waals surface area (Å²) in [6.45, 7) is 10.8. The minimum absolute atomic E-state index is 0.490. The second-order valence-corrected chi connectivity index (χ2v) is 4.59. The summed E-state index contributed by atoms with van der Waals surface area (Å²) in [4.78, 5) is 7.01. The zero-order chi connectivity index (χ0) is 12.7. The van der Waals surface area contributed by atoms with E-state index >= 15 is 0 Å². The van der Waals surface area contributed by atoms with E-state index in [4.69, 9.17) is 0 Å². The van der Waals surface area contributed by atoms with Gasteiger partial charge in [-0.05, 0) is 38.8 Å². The number of aromatic nitrogens is 1. The first kappa shape index (κ1) is 13.8. The molecule has 1 aromatic rings. The Labute approximate surface area is 105 Å². The first-order valence-corrected chi connectivity index (χ1v) is 6.66. The lowest BCUT2D eigenvalue weighted by molar-refractivity contribution is 0.662. The van der Waals surface area contributed by atoms with Crippen LogP contribution < -0.4 is 10.2 Å². The van der Waals surface area contributed by atoms with Gasteiger partial charge in [0.05, 0.1) is 0 Å². The molecule has 3 nitrogen and oxygen atoms in total. The molecule has 0 spiro atoms. The highest BCUT2D eigenvalue weighted by atomic mass is 15.2. The van der Waals surface area contributed by atoms with E-state index in [1.165, 1.54) is 0 Å². The van der Waals surface area contributed by atoms with Gasteiger partial charge in [0, 0.05) is 19.1 Å². The second kappa shape index (κ2) is 7.15. The minimum Gasteiger partial charge on any atom is -0.370 e. The lowest BCUT2D eigenvalue weighted by atomic mass is 10.2. The molecule has 0 radical (unpaired) electrons. The molecule has 1 rings (SSSR count). The van der Waals surface area contributed by atoms with Gasteiger partial charge in [-0.15, -0.1) is 0 Å². The lowest BCUT2D eigenvalue weighted by Gasteiger charge is -2.27. The van der Waals surface area contributed by atoms with Gasteiger partial charge in [0.15, 0.2) is 0 Å². The molecule has 1 aromatic heterocycles. The van der Waals surface area contributed by atoms with Gasteiger partial charge in [-0.2, -0.15) is 0 Å². The van der Waals surface area contributed by atoms with Crippen molar-refractivity contribution in [2.45, 2.75) is 46.6 Å². The summed E-state index contributed by atoms with van der Waals surface area (Å²) in [5.74, 6) is 2.05. The fourth-order valence-corrected chi connectivity index (χ4v) is 1.81. The van der Waals surface area contributed by atoms with E-state index in [0.29, 0.717) is 6.04 Å². The van der Waals surface area contributed by atoms with Crippen LogP contribution in [0.3, 0.4) is 0 Å². The van der Waals surface area contributed by atoms with Crippen LogP contribution in [0.5, 0.6) is 0 Å². The molecule has 0 saturated heterocycles. The van der Waals surface area contributed by atoms with E-state index in [0.717, 1.165) is 37.6 Å². The third-order valence-electron chi connectivity index (χ3n) is 2.67. The van der Waals surface area contributed by atoms with Gasteiger partial charge in [0.2, 0.25) is 0 Å². The molecule has 0 saturated carbocycles. The highest BCUT2D eigenvalue weighted by molar-refractivity contribution is 5.47. The Hall–Kier alpha value is -1.25. The normalized spacial score (nSPS) is 10.6. The average Bonchev–Trinajstić information content (AvgIpc) is 2.33. The molecule has 0 atom stereocenters. The van der Waals surface area contributed by atoms with Gasteiger partial charge in [0.25, 0.3) is 0 Å². The maximum Gasteiger partial charge on any atom is 0.131 e. The third-order valence-corrected chi connectivity index (χ3v) is 2.67. The van der Waals surface area contributed by atoms with E-state index in [2.05, 4.69) is 55.0 Å². The van der Waals surface area contributed by atoms with Gasteiger partial charge in [0.1, 0.15) is 11.6 Å². The van der Waals surface area contributed by atoms with Crippen LogP contribution in [0.4, 0.5) is 11.6 Å². The van der Waals surface area contributed by atoms with E-state index in [1.807, 2.05) is 6.07 Å². The minimum atomic E-state index is 0.490. The summed E-state index contributed by atoms with van der Waals surface area (Å²) < 4.78 is 0. The number of anilines is 2. The number of nitrogens with zero attached hydrogens (tertiary/aromatic N) is 2. The van der Waals surface area contributed by atoms with E-state index < -0.39 is 0 Å². The Bertz CT molecular complexity index is 323. The summed E-state index contributed by atoms with van der Waals surface area (Å²) in [5, 5.41) is 3.33. The monoisotopic (exact) mass is 235 g/mol. The molecule has 0 aliphatic heterocycles. The smallest absolute Gasteiger partial charge is 0.131 e. The maximum atomic E-state index is 4.67. The maximum absolute atomic E-state index is 4.67. The largest absolute Gasteiger partial charge is 0.370 e. The van der Waals surface area contributed by atoms with Gasteiger partial charge < -0.3 is 10.2 Å². The van der Waals surface area contributed by atoms with Crippen molar-refractivity contribution in [1.82, 2.24) is 4.98 Å². The van der Waals surface area contributed by atoms with Crippen molar-refractivity contribution in [2.24, 2.45) is 0 Å². The Morgan fingerprint density at radius 1 is 1.24 bits per heavy atom. The summed E-state index contributed by atoms with van der Waals surface area (Å²) in [6, 6.07) is 6.69. The molecule has 0 unspecified atom stereocenters. The van der Waals surface area contributed by atoms with Crippen molar-refractivity contribution >= 4 is 11.6 Å². The molecule has 0 amide bonds. The van der Waals surface area contributed by atoms with Crippen LogP contribution in [-0.4, -0.2) is 24.1 Å². The van der Waals surface area contributed by atoms with E-state index in [9.17, 15) is 0 Å². The number of pyridine rings is 1. The molecule has 0 aromatic carbocycles.